The Morgan fingerprint density at radius 2 is 1.72 bits per heavy atom. The molecule has 0 atom stereocenters. The van der Waals surface area contributed by atoms with Crippen LogP contribution in [-0.2, 0) is 6.54 Å². The van der Waals surface area contributed by atoms with E-state index >= 15 is 0 Å². The Labute approximate surface area is 145 Å². The van der Waals surface area contributed by atoms with Gasteiger partial charge in [0.05, 0.1) is 17.4 Å². The van der Waals surface area contributed by atoms with Crippen molar-refractivity contribution in [3.63, 3.8) is 0 Å². The summed E-state index contributed by atoms with van der Waals surface area (Å²) in [4.78, 5) is 16.4. The molecule has 0 unspecified atom stereocenters. The Hall–Kier alpha value is -3.21. The summed E-state index contributed by atoms with van der Waals surface area (Å²) in [5.41, 5.74) is 4.13. The lowest BCUT2D eigenvalue weighted by Gasteiger charge is -2.09. The number of carbonyl (C=O) groups is 1. The number of pyridine rings is 1. The van der Waals surface area contributed by atoms with Crippen LogP contribution in [-0.4, -0.2) is 10.9 Å². The number of rotatable bonds is 5. The van der Waals surface area contributed by atoms with Gasteiger partial charge in [0.1, 0.15) is 5.82 Å². The van der Waals surface area contributed by atoms with Gasteiger partial charge in [0.2, 0.25) is 0 Å². The molecule has 5 heteroatoms. The van der Waals surface area contributed by atoms with E-state index in [9.17, 15) is 9.18 Å². The van der Waals surface area contributed by atoms with Gasteiger partial charge in [-0.15, -0.1) is 0 Å². The second kappa shape index (κ2) is 7.57. The second-order valence-corrected chi connectivity index (χ2v) is 5.76. The van der Waals surface area contributed by atoms with E-state index in [-0.39, 0.29) is 11.7 Å². The summed E-state index contributed by atoms with van der Waals surface area (Å²) in [5, 5.41) is 6.03. The van der Waals surface area contributed by atoms with Gasteiger partial charge in [-0.25, -0.2) is 4.39 Å². The number of nitrogens with one attached hydrogen (secondary N) is 2. The number of carbonyl (C=O) groups excluding carboxylic acids is 1. The molecule has 126 valence electrons. The number of hydrogen-bond donors (Lipinski definition) is 2. The van der Waals surface area contributed by atoms with Gasteiger partial charge >= 0.3 is 0 Å². The molecule has 2 aromatic carbocycles. The summed E-state index contributed by atoms with van der Waals surface area (Å²) in [6, 6.07) is 15.7. The van der Waals surface area contributed by atoms with Crippen molar-refractivity contribution in [2.45, 2.75) is 13.5 Å². The molecule has 0 saturated heterocycles. The Morgan fingerprint density at radius 3 is 2.44 bits per heavy atom. The monoisotopic (exact) mass is 335 g/mol. The minimum atomic E-state index is -0.297. The molecule has 1 heterocycles. The maximum absolute atomic E-state index is 12.9. The first-order chi connectivity index (χ1) is 12.1. The molecule has 0 fully saturated rings. The lowest BCUT2D eigenvalue weighted by atomic mass is 10.2. The van der Waals surface area contributed by atoms with Gasteiger partial charge in [-0.1, -0.05) is 29.8 Å². The summed E-state index contributed by atoms with van der Waals surface area (Å²) in [5.74, 6) is -0.529. The maximum atomic E-state index is 12.9. The average Bonchev–Trinajstić information content (AvgIpc) is 2.63. The van der Waals surface area contributed by atoms with Crippen LogP contribution in [0.3, 0.4) is 0 Å². The zero-order valence-electron chi connectivity index (χ0n) is 13.8. The van der Waals surface area contributed by atoms with E-state index in [0.29, 0.717) is 12.1 Å². The van der Waals surface area contributed by atoms with Crippen molar-refractivity contribution in [2.75, 3.05) is 5.32 Å². The Morgan fingerprint density at radius 1 is 1.00 bits per heavy atom. The molecule has 2 N–H and O–H groups in total. The molecule has 0 saturated carbocycles. The highest BCUT2D eigenvalue weighted by molar-refractivity contribution is 5.94. The van der Waals surface area contributed by atoms with Gasteiger partial charge in [-0.05, 0) is 42.8 Å². The molecule has 3 aromatic rings. The second-order valence-electron chi connectivity index (χ2n) is 5.76. The Bertz CT molecular complexity index is 861. The molecular weight excluding hydrogens is 317 g/mol. The third kappa shape index (κ3) is 4.64. The van der Waals surface area contributed by atoms with E-state index < -0.39 is 0 Å². The van der Waals surface area contributed by atoms with Crippen LogP contribution in [0.25, 0.3) is 0 Å². The van der Waals surface area contributed by atoms with E-state index in [0.717, 1.165) is 16.9 Å². The lowest BCUT2D eigenvalue weighted by Crippen LogP contribution is -2.23. The smallest absolute Gasteiger partial charge is 0.253 e. The fourth-order valence-electron chi connectivity index (χ4n) is 2.32. The molecule has 0 aliphatic carbocycles. The molecule has 0 aliphatic rings. The molecule has 0 radical (unpaired) electrons. The number of aryl methyl sites for hydroxylation is 1. The van der Waals surface area contributed by atoms with E-state index in [4.69, 9.17) is 0 Å². The average molecular weight is 335 g/mol. The van der Waals surface area contributed by atoms with Crippen molar-refractivity contribution in [1.29, 1.82) is 0 Å². The molecule has 25 heavy (non-hydrogen) atoms. The van der Waals surface area contributed by atoms with Gasteiger partial charge in [0.25, 0.3) is 5.91 Å². The summed E-state index contributed by atoms with van der Waals surface area (Å²) in [6.07, 6.45) is 3.18. The molecule has 1 amide bonds. The number of amides is 1. The standard InChI is InChI=1S/C20H18FN3O/c1-14-2-8-18(9-3-14)24-19-10-16(12-22-13-19)20(25)23-11-15-4-6-17(21)7-5-15/h2-10,12-13,24H,11H2,1H3,(H,23,25). The number of nitrogens with zero attached hydrogens (tertiary/aromatic N) is 1. The number of aromatic nitrogens is 1. The van der Waals surface area contributed by atoms with Gasteiger partial charge in [-0.3, -0.25) is 9.78 Å². The minimum Gasteiger partial charge on any atom is -0.354 e. The van der Waals surface area contributed by atoms with Crippen LogP contribution in [0.5, 0.6) is 0 Å². The fourth-order valence-corrected chi connectivity index (χ4v) is 2.32. The third-order valence-electron chi connectivity index (χ3n) is 3.71. The van der Waals surface area contributed by atoms with Crippen LogP contribution in [0.1, 0.15) is 21.5 Å². The zero-order chi connectivity index (χ0) is 17.6. The van der Waals surface area contributed by atoms with Crippen LogP contribution in [0.4, 0.5) is 15.8 Å². The zero-order valence-corrected chi connectivity index (χ0v) is 13.8. The molecule has 4 nitrogen and oxygen atoms in total. The van der Waals surface area contributed by atoms with E-state index in [2.05, 4.69) is 15.6 Å². The van der Waals surface area contributed by atoms with Gasteiger partial charge < -0.3 is 10.6 Å². The van der Waals surface area contributed by atoms with Crippen LogP contribution < -0.4 is 10.6 Å². The predicted octanol–water partition coefficient (Wildman–Crippen LogP) is 4.20. The Kier molecular flexibility index (Phi) is 5.04. The normalized spacial score (nSPS) is 10.3. The topological polar surface area (TPSA) is 54.0 Å². The molecule has 0 spiro atoms. The first-order valence-corrected chi connectivity index (χ1v) is 7.91. The largest absolute Gasteiger partial charge is 0.354 e. The maximum Gasteiger partial charge on any atom is 0.253 e. The van der Waals surface area contributed by atoms with Crippen molar-refractivity contribution in [1.82, 2.24) is 10.3 Å². The van der Waals surface area contributed by atoms with Crippen LogP contribution in [0.2, 0.25) is 0 Å². The van der Waals surface area contributed by atoms with Crippen molar-refractivity contribution < 1.29 is 9.18 Å². The molecule has 0 bridgehead atoms. The first-order valence-electron chi connectivity index (χ1n) is 7.91. The molecule has 1 aromatic heterocycles. The highest BCUT2D eigenvalue weighted by Gasteiger charge is 2.07. The third-order valence-corrected chi connectivity index (χ3v) is 3.71. The van der Waals surface area contributed by atoms with Gasteiger partial charge in [0, 0.05) is 18.4 Å². The molecule has 3 rings (SSSR count). The SMILES string of the molecule is Cc1ccc(Nc2cncc(C(=O)NCc3ccc(F)cc3)c2)cc1. The number of benzene rings is 2. The summed E-state index contributed by atoms with van der Waals surface area (Å²) in [6.45, 7) is 2.35. The lowest BCUT2D eigenvalue weighted by molar-refractivity contribution is 0.0950. The van der Waals surface area contributed by atoms with Crippen molar-refractivity contribution in [2.24, 2.45) is 0 Å². The van der Waals surface area contributed by atoms with E-state index in [1.165, 1.54) is 23.9 Å². The van der Waals surface area contributed by atoms with Crippen molar-refractivity contribution in [3.05, 3.63) is 89.5 Å². The first kappa shape index (κ1) is 16.6. The highest BCUT2D eigenvalue weighted by Crippen LogP contribution is 2.17. The predicted molar refractivity (Wildman–Crippen MR) is 96.3 cm³/mol. The van der Waals surface area contributed by atoms with E-state index in [1.807, 2.05) is 31.2 Å². The summed E-state index contributed by atoms with van der Waals surface area (Å²) >= 11 is 0. The van der Waals surface area contributed by atoms with Gasteiger partial charge in [-0.2, -0.15) is 0 Å². The van der Waals surface area contributed by atoms with Crippen LogP contribution in [0.15, 0.2) is 67.0 Å². The summed E-state index contributed by atoms with van der Waals surface area (Å²) < 4.78 is 12.9. The molecule has 0 aliphatic heterocycles. The van der Waals surface area contributed by atoms with Crippen LogP contribution in [0, 0.1) is 12.7 Å². The van der Waals surface area contributed by atoms with Crippen molar-refractivity contribution in [3.8, 4) is 0 Å². The van der Waals surface area contributed by atoms with Crippen molar-refractivity contribution >= 4 is 17.3 Å². The van der Waals surface area contributed by atoms with E-state index in [1.54, 1.807) is 24.4 Å². The number of hydrogen-bond acceptors (Lipinski definition) is 3. The number of halogens is 1. The Balaban J connectivity index is 1.64. The quantitative estimate of drug-likeness (QED) is 0.735. The minimum absolute atomic E-state index is 0.232. The highest BCUT2D eigenvalue weighted by atomic mass is 19.1. The summed E-state index contributed by atoms with van der Waals surface area (Å²) in [7, 11) is 0. The fraction of sp³-hybridized carbons (Fsp3) is 0.100. The van der Waals surface area contributed by atoms with Crippen LogP contribution >= 0.6 is 0 Å². The van der Waals surface area contributed by atoms with Gasteiger partial charge in [0.15, 0.2) is 0 Å². The molecular formula is C20H18FN3O. The number of anilines is 2.